The van der Waals surface area contributed by atoms with Crippen molar-refractivity contribution in [1.29, 1.82) is 0 Å². The van der Waals surface area contributed by atoms with Crippen LogP contribution in [0.5, 0.6) is 0 Å². The lowest BCUT2D eigenvalue weighted by molar-refractivity contribution is -0.150. The van der Waals surface area contributed by atoms with Crippen molar-refractivity contribution in [2.24, 2.45) is 7.05 Å². The van der Waals surface area contributed by atoms with E-state index in [2.05, 4.69) is 30.9 Å². The molecule has 0 saturated heterocycles. The molecule has 0 atom stereocenters. The van der Waals surface area contributed by atoms with Crippen LogP contribution in [0.15, 0.2) is 0 Å². The lowest BCUT2D eigenvalue weighted by Gasteiger charge is -2.25. The highest BCUT2D eigenvalue weighted by Crippen LogP contribution is 2.41. The fourth-order valence-corrected chi connectivity index (χ4v) is 2.89. The summed E-state index contributed by atoms with van der Waals surface area (Å²) >= 11 is 0. The number of aryl methyl sites for hydroxylation is 1. The van der Waals surface area contributed by atoms with E-state index >= 15 is 0 Å². The average Bonchev–Trinajstić information content (AvgIpc) is 2.95. The van der Waals surface area contributed by atoms with Crippen LogP contribution < -0.4 is 0 Å². The van der Waals surface area contributed by atoms with Gasteiger partial charge in [-0.05, 0) is 19.8 Å². The molecule has 1 aromatic rings. The molecule has 0 bridgehead atoms. The Morgan fingerprint density at radius 1 is 1.35 bits per heavy atom. The van der Waals surface area contributed by atoms with Gasteiger partial charge in [0.2, 0.25) is 0 Å². The quantitative estimate of drug-likeness (QED) is 0.798. The molecule has 0 spiro atoms. The van der Waals surface area contributed by atoms with Gasteiger partial charge in [0.1, 0.15) is 11.2 Å². The third-order valence-corrected chi connectivity index (χ3v) is 3.99. The van der Waals surface area contributed by atoms with Crippen molar-refractivity contribution in [2.45, 2.75) is 64.2 Å². The summed E-state index contributed by atoms with van der Waals surface area (Å²) in [5.41, 5.74) is -0.717. The van der Waals surface area contributed by atoms with Crippen molar-refractivity contribution in [1.82, 2.24) is 14.8 Å². The molecule has 1 aliphatic carbocycles. The second-order valence-corrected chi connectivity index (χ2v) is 6.64. The number of hydrogen-bond acceptors (Lipinski definition) is 4. The van der Waals surface area contributed by atoms with Crippen molar-refractivity contribution in [3.8, 4) is 0 Å². The number of carbonyl (C=O) groups excluding carboxylic acids is 1. The molecule has 0 N–H and O–H groups in total. The molecule has 112 valence electrons. The highest BCUT2D eigenvalue weighted by atomic mass is 16.5. The van der Waals surface area contributed by atoms with E-state index in [0.717, 1.165) is 37.3 Å². The zero-order valence-corrected chi connectivity index (χ0v) is 13.2. The largest absolute Gasteiger partial charge is 0.465 e. The van der Waals surface area contributed by atoms with Gasteiger partial charge in [0.05, 0.1) is 6.61 Å². The summed E-state index contributed by atoms with van der Waals surface area (Å²) in [6, 6.07) is 0. The fourth-order valence-electron chi connectivity index (χ4n) is 2.89. The van der Waals surface area contributed by atoms with Gasteiger partial charge in [-0.25, -0.2) is 4.98 Å². The molecule has 5 nitrogen and oxygen atoms in total. The molecule has 20 heavy (non-hydrogen) atoms. The molecular weight excluding hydrogens is 254 g/mol. The number of ether oxygens (including phenoxy) is 1. The molecule has 0 unspecified atom stereocenters. The molecule has 0 amide bonds. The minimum atomic E-state index is -0.596. The van der Waals surface area contributed by atoms with E-state index in [-0.39, 0.29) is 11.4 Å². The number of rotatable bonds is 3. The van der Waals surface area contributed by atoms with E-state index in [4.69, 9.17) is 4.74 Å². The van der Waals surface area contributed by atoms with E-state index in [1.165, 1.54) is 0 Å². The lowest BCUT2D eigenvalue weighted by atomic mass is 9.85. The molecule has 1 aromatic heterocycles. The maximum absolute atomic E-state index is 12.5. The van der Waals surface area contributed by atoms with Gasteiger partial charge >= 0.3 is 5.97 Å². The molecule has 1 saturated carbocycles. The minimum Gasteiger partial charge on any atom is -0.465 e. The fraction of sp³-hybridized carbons (Fsp3) is 0.800. The minimum absolute atomic E-state index is 0.121. The number of aromatic nitrogens is 3. The Morgan fingerprint density at radius 3 is 2.40 bits per heavy atom. The summed E-state index contributed by atoms with van der Waals surface area (Å²) in [6.45, 7) is 8.50. The van der Waals surface area contributed by atoms with Crippen molar-refractivity contribution in [3.05, 3.63) is 11.6 Å². The number of esters is 1. The maximum Gasteiger partial charge on any atom is 0.319 e. The molecule has 1 fully saturated rings. The van der Waals surface area contributed by atoms with Crippen molar-refractivity contribution in [2.75, 3.05) is 6.61 Å². The Hall–Kier alpha value is -1.39. The summed E-state index contributed by atoms with van der Waals surface area (Å²) < 4.78 is 7.08. The topological polar surface area (TPSA) is 57.0 Å². The average molecular weight is 279 g/mol. The maximum atomic E-state index is 12.5. The van der Waals surface area contributed by atoms with Gasteiger partial charge < -0.3 is 4.74 Å². The first-order valence-corrected chi connectivity index (χ1v) is 7.40. The third kappa shape index (κ3) is 2.45. The van der Waals surface area contributed by atoms with Gasteiger partial charge in [0, 0.05) is 12.5 Å². The molecule has 2 rings (SSSR count). The van der Waals surface area contributed by atoms with Crippen molar-refractivity contribution in [3.63, 3.8) is 0 Å². The number of carbonyl (C=O) groups is 1. The van der Waals surface area contributed by atoms with Crippen molar-refractivity contribution >= 4 is 5.97 Å². The van der Waals surface area contributed by atoms with E-state index < -0.39 is 5.41 Å². The van der Waals surface area contributed by atoms with Gasteiger partial charge in [-0.1, -0.05) is 33.6 Å². The van der Waals surface area contributed by atoms with Crippen LogP contribution in [0.3, 0.4) is 0 Å². The first-order chi connectivity index (χ1) is 9.31. The number of nitrogens with zero attached hydrogens (tertiary/aromatic N) is 3. The van der Waals surface area contributed by atoms with E-state index in [9.17, 15) is 4.79 Å². The van der Waals surface area contributed by atoms with Gasteiger partial charge in [-0.2, -0.15) is 5.10 Å². The second kappa shape index (κ2) is 5.19. The Bertz CT molecular complexity index is 494. The van der Waals surface area contributed by atoms with Crippen LogP contribution in [-0.2, 0) is 27.4 Å². The first-order valence-electron chi connectivity index (χ1n) is 7.40. The second-order valence-electron chi connectivity index (χ2n) is 6.64. The van der Waals surface area contributed by atoms with Gasteiger partial charge in [-0.3, -0.25) is 9.48 Å². The molecule has 1 heterocycles. The summed E-state index contributed by atoms with van der Waals surface area (Å²) in [5, 5.41) is 4.51. The van der Waals surface area contributed by atoms with E-state index in [0.29, 0.717) is 6.61 Å². The van der Waals surface area contributed by atoms with Crippen LogP contribution >= 0.6 is 0 Å². The smallest absolute Gasteiger partial charge is 0.319 e. The number of hydrogen-bond donors (Lipinski definition) is 0. The molecule has 1 aliphatic rings. The standard InChI is InChI=1S/C15H25N3O2/c1-6-20-13(19)15(9-7-8-10-15)12-16-11(14(2,3)4)17-18(12)5/h6-10H2,1-5H3. The Balaban J connectivity index is 2.45. The summed E-state index contributed by atoms with van der Waals surface area (Å²) in [5.74, 6) is 1.40. The molecule has 0 aromatic carbocycles. The zero-order valence-electron chi connectivity index (χ0n) is 13.2. The Morgan fingerprint density at radius 2 is 1.95 bits per heavy atom. The summed E-state index contributed by atoms with van der Waals surface area (Å²) in [4.78, 5) is 17.2. The van der Waals surface area contributed by atoms with Crippen LogP contribution in [0.1, 0.15) is 65.0 Å². The SMILES string of the molecule is CCOC(=O)C1(c2nc(C(C)(C)C)nn2C)CCCC1. The highest BCUT2D eigenvalue weighted by molar-refractivity contribution is 5.82. The van der Waals surface area contributed by atoms with E-state index in [1.807, 2.05) is 14.0 Å². The van der Waals surface area contributed by atoms with Crippen LogP contribution in [0, 0.1) is 0 Å². The molecule has 0 aliphatic heterocycles. The summed E-state index contributed by atoms with van der Waals surface area (Å²) in [7, 11) is 1.87. The Labute approximate surface area is 120 Å². The highest BCUT2D eigenvalue weighted by Gasteiger charge is 2.48. The Kier molecular flexibility index (Phi) is 3.89. The van der Waals surface area contributed by atoms with Gasteiger partial charge in [0.15, 0.2) is 5.82 Å². The molecular formula is C15H25N3O2. The third-order valence-electron chi connectivity index (χ3n) is 3.99. The predicted molar refractivity (Wildman–Crippen MR) is 76.5 cm³/mol. The normalized spacial score (nSPS) is 18.2. The van der Waals surface area contributed by atoms with Gasteiger partial charge in [0.25, 0.3) is 0 Å². The van der Waals surface area contributed by atoms with Crippen LogP contribution in [0.4, 0.5) is 0 Å². The summed E-state index contributed by atoms with van der Waals surface area (Å²) in [6.07, 6.45) is 3.69. The lowest BCUT2D eigenvalue weighted by Crippen LogP contribution is -2.37. The monoisotopic (exact) mass is 279 g/mol. The molecule has 5 heteroatoms. The van der Waals surface area contributed by atoms with Crippen molar-refractivity contribution < 1.29 is 9.53 Å². The predicted octanol–water partition coefficient (Wildman–Crippen LogP) is 2.49. The van der Waals surface area contributed by atoms with Crippen LogP contribution in [-0.4, -0.2) is 27.3 Å². The first kappa shape index (κ1) is 15.0. The van der Waals surface area contributed by atoms with Crippen LogP contribution in [0.25, 0.3) is 0 Å². The van der Waals surface area contributed by atoms with E-state index in [1.54, 1.807) is 4.68 Å². The van der Waals surface area contributed by atoms with Gasteiger partial charge in [-0.15, -0.1) is 0 Å². The molecule has 0 radical (unpaired) electrons. The van der Waals surface area contributed by atoms with Crippen LogP contribution in [0.2, 0.25) is 0 Å². The zero-order chi connectivity index (χ0) is 15.0.